The van der Waals surface area contributed by atoms with Crippen LogP contribution in [0, 0.1) is 0 Å². The molecule has 90 valence electrons. The maximum Gasteiger partial charge on any atom is 0.156 e. The SMILES string of the molecule is COC(C)(C)CCOc1c(N)cccc1Br. The van der Waals surface area contributed by atoms with Gasteiger partial charge in [-0.25, -0.2) is 0 Å². The van der Waals surface area contributed by atoms with Crippen molar-refractivity contribution in [3.05, 3.63) is 22.7 Å². The van der Waals surface area contributed by atoms with E-state index in [0.29, 0.717) is 18.0 Å². The molecule has 0 fully saturated rings. The fraction of sp³-hybridized carbons (Fsp3) is 0.500. The zero-order valence-corrected chi connectivity index (χ0v) is 11.5. The van der Waals surface area contributed by atoms with Gasteiger partial charge < -0.3 is 15.2 Å². The molecule has 16 heavy (non-hydrogen) atoms. The number of nitrogens with two attached hydrogens (primary N) is 1. The van der Waals surface area contributed by atoms with Crippen LogP contribution in [-0.4, -0.2) is 19.3 Å². The Labute approximate surface area is 105 Å². The highest BCUT2D eigenvalue weighted by molar-refractivity contribution is 9.10. The summed E-state index contributed by atoms with van der Waals surface area (Å²) >= 11 is 3.41. The number of halogens is 1. The Hall–Kier alpha value is -0.740. The van der Waals surface area contributed by atoms with Gasteiger partial charge in [0.25, 0.3) is 0 Å². The molecule has 0 aliphatic carbocycles. The molecule has 0 atom stereocenters. The lowest BCUT2D eigenvalue weighted by atomic mass is 10.1. The molecule has 0 aromatic heterocycles. The number of nitrogen functional groups attached to an aromatic ring is 1. The normalized spacial score (nSPS) is 11.5. The van der Waals surface area contributed by atoms with Crippen molar-refractivity contribution in [3.8, 4) is 5.75 Å². The maximum absolute atomic E-state index is 5.82. The van der Waals surface area contributed by atoms with Crippen LogP contribution in [0.4, 0.5) is 5.69 Å². The van der Waals surface area contributed by atoms with E-state index < -0.39 is 0 Å². The van der Waals surface area contributed by atoms with Gasteiger partial charge in [-0.15, -0.1) is 0 Å². The second-order valence-corrected chi connectivity index (χ2v) is 5.07. The van der Waals surface area contributed by atoms with Crippen molar-refractivity contribution in [3.63, 3.8) is 0 Å². The highest BCUT2D eigenvalue weighted by atomic mass is 79.9. The molecule has 1 aromatic carbocycles. The molecule has 0 aliphatic heterocycles. The van der Waals surface area contributed by atoms with E-state index in [1.807, 2.05) is 32.0 Å². The molecule has 0 radical (unpaired) electrons. The van der Waals surface area contributed by atoms with Gasteiger partial charge in [-0.3, -0.25) is 0 Å². The monoisotopic (exact) mass is 287 g/mol. The van der Waals surface area contributed by atoms with Gasteiger partial charge in [0.15, 0.2) is 5.75 Å². The molecule has 0 heterocycles. The zero-order valence-electron chi connectivity index (χ0n) is 9.92. The van der Waals surface area contributed by atoms with Crippen molar-refractivity contribution in [1.29, 1.82) is 0 Å². The second-order valence-electron chi connectivity index (χ2n) is 4.22. The van der Waals surface area contributed by atoms with E-state index in [1.54, 1.807) is 7.11 Å². The van der Waals surface area contributed by atoms with E-state index >= 15 is 0 Å². The number of hydrogen-bond acceptors (Lipinski definition) is 3. The van der Waals surface area contributed by atoms with Gasteiger partial charge >= 0.3 is 0 Å². The summed E-state index contributed by atoms with van der Waals surface area (Å²) < 4.78 is 11.8. The fourth-order valence-corrected chi connectivity index (χ4v) is 1.67. The van der Waals surface area contributed by atoms with Gasteiger partial charge in [0, 0.05) is 13.5 Å². The van der Waals surface area contributed by atoms with Crippen molar-refractivity contribution in [1.82, 2.24) is 0 Å². The molecule has 0 unspecified atom stereocenters. The van der Waals surface area contributed by atoms with Crippen LogP contribution in [0.2, 0.25) is 0 Å². The van der Waals surface area contributed by atoms with Gasteiger partial charge in [-0.1, -0.05) is 6.07 Å². The Morgan fingerprint density at radius 3 is 2.62 bits per heavy atom. The number of methoxy groups -OCH3 is 1. The number of rotatable bonds is 5. The minimum absolute atomic E-state index is 0.171. The van der Waals surface area contributed by atoms with E-state index in [0.717, 1.165) is 10.9 Å². The molecule has 1 rings (SSSR count). The summed E-state index contributed by atoms with van der Waals surface area (Å²) in [7, 11) is 1.70. The third kappa shape index (κ3) is 3.68. The summed E-state index contributed by atoms with van der Waals surface area (Å²) in [4.78, 5) is 0. The summed E-state index contributed by atoms with van der Waals surface area (Å²) in [6.45, 7) is 4.63. The molecular formula is C12H18BrNO2. The Morgan fingerprint density at radius 1 is 1.38 bits per heavy atom. The second kappa shape index (κ2) is 5.55. The van der Waals surface area contributed by atoms with E-state index in [2.05, 4.69) is 15.9 Å². The Bertz CT molecular complexity index is 333. The van der Waals surface area contributed by atoms with Gasteiger partial charge in [0.1, 0.15) is 0 Å². The average Bonchev–Trinajstić information content (AvgIpc) is 2.22. The van der Waals surface area contributed by atoms with Crippen LogP contribution >= 0.6 is 15.9 Å². The average molecular weight is 288 g/mol. The van der Waals surface area contributed by atoms with Crippen LogP contribution in [-0.2, 0) is 4.74 Å². The summed E-state index contributed by atoms with van der Waals surface area (Å²) in [5.41, 5.74) is 6.29. The van der Waals surface area contributed by atoms with Gasteiger partial charge in [-0.2, -0.15) is 0 Å². The van der Waals surface area contributed by atoms with Crippen molar-refractivity contribution < 1.29 is 9.47 Å². The quantitative estimate of drug-likeness (QED) is 0.846. The van der Waals surface area contributed by atoms with Crippen LogP contribution in [0.1, 0.15) is 20.3 Å². The number of benzene rings is 1. The van der Waals surface area contributed by atoms with Crippen molar-refractivity contribution in [2.24, 2.45) is 0 Å². The van der Waals surface area contributed by atoms with Gasteiger partial charge in [0.05, 0.1) is 22.4 Å². The molecular weight excluding hydrogens is 270 g/mol. The first-order valence-corrected chi connectivity index (χ1v) is 5.97. The van der Waals surface area contributed by atoms with E-state index in [-0.39, 0.29) is 5.60 Å². The molecule has 0 aliphatic rings. The van der Waals surface area contributed by atoms with Crippen molar-refractivity contribution in [2.75, 3.05) is 19.5 Å². The lowest BCUT2D eigenvalue weighted by molar-refractivity contribution is 0.00545. The number of anilines is 1. The molecule has 1 aromatic rings. The minimum Gasteiger partial charge on any atom is -0.490 e. The Balaban J connectivity index is 2.56. The van der Waals surface area contributed by atoms with Crippen molar-refractivity contribution >= 4 is 21.6 Å². The summed E-state index contributed by atoms with van der Waals surface area (Å²) in [6.07, 6.45) is 0.810. The van der Waals surface area contributed by atoms with Gasteiger partial charge in [-0.05, 0) is 41.9 Å². The minimum atomic E-state index is -0.171. The van der Waals surface area contributed by atoms with Crippen LogP contribution in [0.25, 0.3) is 0 Å². The third-order valence-corrected chi connectivity index (χ3v) is 3.13. The fourth-order valence-electron chi connectivity index (χ4n) is 1.18. The first kappa shape index (κ1) is 13.3. The van der Waals surface area contributed by atoms with Crippen LogP contribution in [0.15, 0.2) is 22.7 Å². The molecule has 4 heteroatoms. The van der Waals surface area contributed by atoms with Crippen LogP contribution in [0.3, 0.4) is 0 Å². The van der Waals surface area contributed by atoms with Gasteiger partial charge in [0.2, 0.25) is 0 Å². The summed E-state index contributed by atoms with van der Waals surface area (Å²) in [5.74, 6) is 0.703. The van der Waals surface area contributed by atoms with E-state index in [1.165, 1.54) is 0 Å². The topological polar surface area (TPSA) is 44.5 Å². The highest BCUT2D eigenvalue weighted by Gasteiger charge is 2.16. The first-order valence-electron chi connectivity index (χ1n) is 5.18. The molecule has 0 amide bonds. The van der Waals surface area contributed by atoms with Crippen molar-refractivity contribution in [2.45, 2.75) is 25.9 Å². The summed E-state index contributed by atoms with van der Waals surface area (Å²) in [5, 5.41) is 0. The van der Waals surface area contributed by atoms with E-state index in [9.17, 15) is 0 Å². The first-order chi connectivity index (χ1) is 7.46. The third-order valence-electron chi connectivity index (χ3n) is 2.50. The summed E-state index contributed by atoms with van der Waals surface area (Å²) in [6, 6.07) is 5.61. The zero-order chi connectivity index (χ0) is 12.2. The molecule has 0 saturated carbocycles. The van der Waals surface area contributed by atoms with Crippen LogP contribution < -0.4 is 10.5 Å². The predicted molar refractivity (Wildman–Crippen MR) is 69.8 cm³/mol. The largest absolute Gasteiger partial charge is 0.490 e. The maximum atomic E-state index is 5.82. The van der Waals surface area contributed by atoms with E-state index in [4.69, 9.17) is 15.2 Å². The smallest absolute Gasteiger partial charge is 0.156 e. The molecule has 0 spiro atoms. The number of para-hydroxylation sites is 1. The predicted octanol–water partition coefficient (Wildman–Crippen LogP) is 3.23. The lowest BCUT2D eigenvalue weighted by Crippen LogP contribution is -2.25. The lowest BCUT2D eigenvalue weighted by Gasteiger charge is -2.23. The molecule has 2 N–H and O–H groups in total. The Kier molecular flexibility index (Phi) is 4.62. The Morgan fingerprint density at radius 2 is 2.06 bits per heavy atom. The molecule has 3 nitrogen and oxygen atoms in total. The number of ether oxygens (including phenoxy) is 2. The molecule has 0 saturated heterocycles. The number of hydrogen-bond donors (Lipinski definition) is 1. The highest BCUT2D eigenvalue weighted by Crippen LogP contribution is 2.31. The molecule has 0 bridgehead atoms. The van der Waals surface area contributed by atoms with Crippen LogP contribution in [0.5, 0.6) is 5.75 Å². The standard InChI is InChI=1S/C12H18BrNO2/c1-12(2,15-3)7-8-16-11-9(13)5-4-6-10(11)14/h4-6H,7-8,14H2,1-3H3.